The van der Waals surface area contributed by atoms with Crippen LogP contribution >= 0.6 is 11.3 Å². The summed E-state index contributed by atoms with van der Waals surface area (Å²) in [7, 11) is 0. The van der Waals surface area contributed by atoms with Crippen LogP contribution in [-0.2, 0) is 0 Å². The molecule has 0 saturated carbocycles. The summed E-state index contributed by atoms with van der Waals surface area (Å²) in [4.78, 5) is 12.0. The highest BCUT2D eigenvalue weighted by molar-refractivity contribution is 7.19. The first-order chi connectivity index (χ1) is 22.4. The molecular weight excluding hydrogens is 585 g/mol. The van der Waals surface area contributed by atoms with Crippen molar-refractivity contribution in [3.05, 3.63) is 154 Å². The Morgan fingerprint density at radius 3 is 1.96 bits per heavy atom. The van der Waals surface area contributed by atoms with Crippen LogP contribution in [0.1, 0.15) is 31.2 Å². The number of nitrogens with zero attached hydrogens (tertiary/aromatic N) is 2. The number of aromatic nitrogens is 1. The lowest BCUT2D eigenvalue weighted by molar-refractivity contribution is -0.470. The third-order valence-electron chi connectivity index (χ3n) is 8.34. The van der Waals surface area contributed by atoms with Crippen molar-refractivity contribution in [3.63, 3.8) is 0 Å². The maximum atomic E-state index is 11.1. The van der Waals surface area contributed by atoms with Crippen LogP contribution in [0, 0.1) is 17.0 Å². The van der Waals surface area contributed by atoms with Gasteiger partial charge in [-0.2, -0.15) is 0 Å². The quantitative estimate of drug-likeness (QED) is 0.101. The monoisotopic (exact) mass is 620 g/mol. The Hall–Kier alpha value is -5.26. The summed E-state index contributed by atoms with van der Waals surface area (Å²) in [5, 5.41) is 14.6. The normalized spacial score (nSPS) is 11.5. The smallest absolute Gasteiger partial charge is 0.228 e. The summed E-state index contributed by atoms with van der Waals surface area (Å²) in [6, 6.07) is 41.1. The van der Waals surface area contributed by atoms with Crippen molar-refractivity contribution in [1.82, 2.24) is 4.57 Å². The van der Waals surface area contributed by atoms with Crippen LogP contribution in [0.3, 0.4) is 0 Å². The van der Waals surface area contributed by atoms with Crippen LogP contribution in [0.5, 0.6) is 0 Å². The van der Waals surface area contributed by atoms with Crippen molar-refractivity contribution < 1.29 is 4.92 Å². The van der Waals surface area contributed by atoms with Crippen molar-refractivity contribution in [2.45, 2.75) is 27.7 Å². The van der Waals surface area contributed by atoms with Crippen molar-refractivity contribution in [2.75, 3.05) is 6.54 Å². The van der Waals surface area contributed by atoms with Gasteiger partial charge in [-0.15, -0.1) is 11.3 Å². The fourth-order valence-corrected chi connectivity index (χ4v) is 7.15. The van der Waals surface area contributed by atoms with Gasteiger partial charge in [0.15, 0.2) is 0 Å². The molecule has 5 heteroatoms. The molecule has 46 heavy (non-hydrogen) atoms. The molecule has 0 atom stereocenters. The highest BCUT2D eigenvalue weighted by Gasteiger charge is 2.18. The third-order valence-corrected chi connectivity index (χ3v) is 9.42. The summed E-state index contributed by atoms with van der Waals surface area (Å²) in [6.45, 7) is 11.7. The molecule has 228 valence electrons. The number of aryl methyl sites for hydroxylation is 1. The maximum Gasteiger partial charge on any atom is 0.228 e. The maximum absolute atomic E-state index is 11.1. The SMILES string of the molecule is C=C(C[N+](=O)[O-])/C(C)=C/c1c(C)sc2cc3c(cc12)c1ccccc1n3-c1cc(-c2ccccc2)cc(-c2ccccc2)c1.CC. The zero-order valence-electron chi connectivity index (χ0n) is 26.6. The molecule has 0 saturated heterocycles. The van der Waals surface area contributed by atoms with Crippen LogP contribution in [0.15, 0.2) is 133 Å². The summed E-state index contributed by atoms with van der Waals surface area (Å²) >= 11 is 1.75. The molecule has 4 nitrogen and oxygen atoms in total. The van der Waals surface area contributed by atoms with Gasteiger partial charge >= 0.3 is 0 Å². The van der Waals surface area contributed by atoms with Gasteiger partial charge in [0.25, 0.3) is 0 Å². The van der Waals surface area contributed by atoms with Gasteiger partial charge < -0.3 is 4.57 Å². The minimum Gasteiger partial charge on any atom is -0.309 e. The highest BCUT2D eigenvalue weighted by Crippen LogP contribution is 2.41. The van der Waals surface area contributed by atoms with E-state index in [4.69, 9.17) is 0 Å². The molecule has 5 aromatic carbocycles. The second kappa shape index (κ2) is 13.0. The molecule has 0 radical (unpaired) electrons. The number of thiophene rings is 1. The Labute approximate surface area is 273 Å². The second-order valence-corrected chi connectivity index (χ2v) is 12.5. The zero-order chi connectivity index (χ0) is 32.4. The molecule has 0 N–H and O–H groups in total. The molecule has 0 aliphatic heterocycles. The van der Waals surface area contributed by atoms with Crippen molar-refractivity contribution >= 4 is 49.3 Å². The zero-order valence-corrected chi connectivity index (χ0v) is 27.4. The number of fused-ring (bicyclic) bond motifs is 4. The lowest BCUT2D eigenvalue weighted by Gasteiger charge is -2.14. The van der Waals surface area contributed by atoms with Crippen LogP contribution in [0.25, 0.3) is 65.9 Å². The Morgan fingerprint density at radius 2 is 1.35 bits per heavy atom. The topological polar surface area (TPSA) is 48.1 Å². The predicted octanol–water partition coefficient (Wildman–Crippen LogP) is 11.9. The number of para-hydroxylation sites is 1. The molecule has 0 amide bonds. The van der Waals surface area contributed by atoms with Gasteiger partial charge in [-0.1, -0.05) is 99.3 Å². The van der Waals surface area contributed by atoms with Crippen LogP contribution in [0.4, 0.5) is 0 Å². The van der Waals surface area contributed by atoms with E-state index in [2.05, 4.69) is 139 Å². The number of benzene rings is 5. The molecule has 0 aliphatic rings. The molecule has 0 aliphatic carbocycles. The molecule has 0 unspecified atom stereocenters. The van der Waals surface area contributed by atoms with E-state index in [0.717, 1.165) is 33.2 Å². The molecule has 7 rings (SSSR count). The van der Waals surface area contributed by atoms with Crippen molar-refractivity contribution in [3.8, 4) is 27.9 Å². The van der Waals surface area contributed by atoms with Crippen molar-refractivity contribution in [1.29, 1.82) is 0 Å². The van der Waals surface area contributed by atoms with Gasteiger partial charge in [0.1, 0.15) is 0 Å². The van der Waals surface area contributed by atoms with Crippen LogP contribution in [-0.4, -0.2) is 16.0 Å². The largest absolute Gasteiger partial charge is 0.309 e. The number of hydrogen-bond donors (Lipinski definition) is 0. The number of nitro groups is 1. The minimum absolute atomic E-state index is 0.256. The molecule has 2 heterocycles. The molecular formula is C41H36N2O2S. The Kier molecular flexibility index (Phi) is 8.69. The van der Waals surface area contributed by atoms with Crippen molar-refractivity contribution in [2.24, 2.45) is 0 Å². The summed E-state index contributed by atoms with van der Waals surface area (Å²) in [6.07, 6.45) is 2.06. The molecule has 2 aromatic heterocycles. The van der Waals surface area contributed by atoms with E-state index in [0.29, 0.717) is 5.57 Å². The Morgan fingerprint density at radius 1 is 0.761 bits per heavy atom. The van der Waals surface area contributed by atoms with Gasteiger partial charge in [-0.05, 0) is 89.7 Å². The van der Waals surface area contributed by atoms with E-state index in [-0.39, 0.29) is 11.5 Å². The second-order valence-electron chi connectivity index (χ2n) is 11.2. The van der Waals surface area contributed by atoms with Gasteiger partial charge in [-0.25, -0.2) is 0 Å². The standard InChI is InChI=1S/C39H30N2O2S.C2H6/c1-25(26(2)24-40(42)43)18-34-27(3)44-39-23-38-35(22-36(34)39)33-16-10-11-17-37(33)41(38)32-20-30(28-12-6-4-7-13-28)19-31(21-32)29-14-8-5-9-15-29;1-2/h4-23H,2,24H2,1,3H3;1-2H3/b25-18+;. The van der Waals surface area contributed by atoms with E-state index < -0.39 is 0 Å². The molecule has 0 fully saturated rings. The molecule has 7 aromatic rings. The van der Waals surface area contributed by atoms with E-state index in [9.17, 15) is 10.1 Å². The lowest BCUT2D eigenvalue weighted by Crippen LogP contribution is -2.03. The lowest BCUT2D eigenvalue weighted by atomic mass is 9.98. The average Bonchev–Trinajstić information content (AvgIpc) is 3.57. The van der Waals surface area contributed by atoms with Crippen LogP contribution < -0.4 is 0 Å². The van der Waals surface area contributed by atoms with Gasteiger partial charge in [-0.3, -0.25) is 10.1 Å². The Bertz CT molecular complexity index is 2200. The first-order valence-corrected chi connectivity index (χ1v) is 16.4. The minimum atomic E-state index is -0.327. The summed E-state index contributed by atoms with van der Waals surface area (Å²) < 4.78 is 3.57. The predicted molar refractivity (Wildman–Crippen MR) is 198 cm³/mol. The molecule has 0 spiro atoms. The van der Waals surface area contributed by atoms with E-state index in [1.807, 2.05) is 20.8 Å². The highest BCUT2D eigenvalue weighted by atomic mass is 32.1. The van der Waals surface area contributed by atoms with E-state index >= 15 is 0 Å². The van der Waals surface area contributed by atoms with Gasteiger partial charge in [0, 0.05) is 41.9 Å². The fraction of sp³-hybridized carbons (Fsp3) is 0.122. The van der Waals surface area contributed by atoms with Crippen LogP contribution in [0.2, 0.25) is 0 Å². The fourth-order valence-electron chi connectivity index (χ4n) is 6.09. The average molecular weight is 621 g/mol. The number of rotatable bonds is 7. The first-order valence-electron chi connectivity index (χ1n) is 15.6. The number of hydrogen-bond acceptors (Lipinski definition) is 3. The summed E-state index contributed by atoms with van der Waals surface area (Å²) in [5.74, 6) is 0. The van der Waals surface area contributed by atoms with E-state index in [1.54, 1.807) is 11.3 Å². The Balaban J connectivity index is 0.00000182. The van der Waals surface area contributed by atoms with Gasteiger partial charge in [0.2, 0.25) is 6.54 Å². The third kappa shape index (κ3) is 5.78. The van der Waals surface area contributed by atoms with Gasteiger partial charge in [0.05, 0.1) is 11.0 Å². The first kappa shape index (κ1) is 30.8. The van der Waals surface area contributed by atoms with E-state index in [1.165, 1.54) is 42.6 Å². The molecule has 0 bridgehead atoms. The summed E-state index contributed by atoms with van der Waals surface area (Å²) in [5.41, 5.74) is 10.5.